The topological polar surface area (TPSA) is 57.6 Å². The van der Waals surface area contributed by atoms with Crippen molar-refractivity contribution >= 4 is 22.8 Å². The van der Waals surface area contributed by atoms with E-state index in [9.17, 15) is 9.59 Å². The molecular weight excluding hydrogens is 214 g/mol. The summed E-state index contributed by atoms with van der Waals surface area (Å²) in [7, 11) is 0. The van der Waals surface area contributed by atoms with Crippen molar-refractivity contribution in [2.24, 2.45) is 0 Å². The van der Waals surface area contributed by atoms with Gasteiger partial charge in [-0.15, -0.1) is 0 Å². The Morgan fingerprint density at radius 3 is 2.93 bits per heavy atom. The quantitative estimate of drug-likeness (QED) is 0.771. The van der Waals surface area contributed by atoms with Crippen molar-refractivity contribution in [2.75, 3.05) is 13.2 Å². The first-order valence-corrected chi connectivity index (χ1v) is 6.00. The summed E-state index contributed by atoms with van der Waals surface area (Å²) in [4.78, 5) is 24.3. The van der Waals surface area contributed by atoms with Crippen LogP contribution in [0.3, 0.4) is 0 Å². The first-order valence-electron chi connectivity index (χ1n) is 5.12. The van der Waals surface area contributed by atoms with Gasteiger partial charge in [0.15, 0.2) is 5.12 Å². The van der Waals surface area contributed by atoms with Gasteiger partial charge in [-0.2, -0.15) is 0 Å². The SMILES string of the molecule is CC(=O)SC1CC(=O)N([C@H](C)CCO)C1. The Labute approximate surface area is 94.0 Å². The van der Waals surface area contributed by atoms with E-state index in [-0.39, 0.29) is 28.9 Å². The average molecular weight is 231 g/mol. The summed E-state index contributed by atoms with van der Waals surface area (Å²) in [6, 6.07) is 0.0695. The summed E-state index contributed by atoms with van der Waals surface area (Å²) in [5.41, 5.74) is 0. The first-order chi connectivity index (χ1) is 7.04. The lowest BCUT2D eigenvalue weighted by atomic mass is 10.2. The molecule has 1 N–H and O–H groups in total. The van der Waals surface area contributed by atoms with Crippen LogP contribution in [0.1, 0.15) is 26.7 Å². The number of likely N-dealkylation sites (tertiary alicyclic amines) is 1. The molecule has 0 spiro atoms. The molecule has 5 heteroatoms. The molecule has 0 aromatic rings. The highest BCUT2D eigenvalue weighted by atomic mass is 32.2. The standard InChI is InChI=1S/C10H17NO3S/c1-7(3-4-12)11-6-9(5-10(11)14)15-8(2)13/h7,9,12H,3-6H2,1-2H3/t7-,9?/m1/s1. The number of carbonyl (C=O) groups is 2. The van der Waals surface area contributed by atoms with Crippen LogP contribution >= 0.6 is 11.8 Å². The predicted molar refractivity (Wildman–Crippen MR) is 59.6 cm³/mol. The molecule has 0 bridgehead atoms. The van der Waals surface area contributed by atoms with E-state index in [2.05, 4.69) is 0 Å². The van der Waals surface area contributed by atoms with E-state index >= 15 is 0 Å². The highest BCUT2D eigenvalue weighted by Gasteiger charge is 2.33. The number of aliphatic hydroxyl groups excluding tert-OH is 1. The number of thioether (sulfide) groups is 1. The summed E-state index contributed by atoms with van der Waals surface area (Å²) >= 11 is 1.24. The number of hydrogen-bond acceptors (Lipinski definition) is 4. The molecular formula is C10H17NO3S. The minimum atomic E-state index is 0.0597. The summed E-state index contributed by atoms with van der Waals surface area (Å²) in [5, 5.41) is 8.95. The Bertz CT molecular complexity index is 257. The van der Waals surface area contributed by atoms with Crippen LogP contribution in [0.2, 0.25) is 0 Å². The number of rotatable bonds is 4. The number of carbonyl (C=O) groups excluding carboxylic acids is 2. The van der Waals surface area contributed by atoms with E-state index in [1.165, 1.54) is 18.7 Å². The van der Waals surface area contributed by atoms with Gasteiger partial charge in [0.05, 0.1) is 0 Å². The van der Waals surface area contributed by atoms with E-state index in [1.54, 1.807) is 4.90 Å². The molecule has 0 aliphatic carbocycles. The van der Waals surface area contributed by atoms with E-state index in [0.29, 0.717) is 19.4 Å². The van der Waals surface area contributed by atoms with Crippen LogP contribution in [0.15, 0.2) is 0 Å². The maximum absolute atomic E-state index is 11.6. The van der Waals surface area contributed by atoms with Gasteiger partial charge in [-0.1, -0.05) is 11.8 Å². The van der Waals surface area contributed by atoms with Crippen molar-refractivity contribution < 1.29 is 14.7 Å². The fourth-order valence-electron chi connectivity index (χ4n) is 1.78. The largest absolute Gasteiger partial charge is 0.396 e. The number of amides is 1. The molecule has 1 fully saturated rings. The number of nitrogens with zero attached hydrogens (tertiary/aromatic N) is 1. The molecule has 0 radical (unpaired) electrons. The highest BCUT2D eigenvalue weighted by molar-refractivity contribution is 8.14. The van der Waals surface area contributed by atoms with E-state index < -0.39 is 0 Å². The molecule has 1 unspecified atom stereocenters. The molecule has 15 heavy (non-hydrogen) atoms. The second-order valence-corrected chi connectivity index (χ2v) is 5.32. The van der Waals surface area contributed by atoms with Gasteiger partial charge >= 0.3 is 0 Å². The lowest BCUT2D eigenvalue weighted by molar-refractivity contribution is -0.129. The summed E-state index contributed by atoms with van der Waals surface area (Å²) in [6.45, 7) is 4.17. The Hall–Kier alpha value is -0.550. The minimum absolute atomic E-state index is 0.0597. The van der Waals surface area contributed by atoms with Crippen molar-refractivity contribution in [1.29, 1.82) is 0 Å². The van der Waals surface area contributed by atoms with Crippen molar-refractivity contribution in [3.63, 3.8) is 0 Å². The van der Waals surface area contributed by atoms with Crippen LogP contribution in [0.5, 0.6) is 0 Å². The van der Waals surface area contributed by atoms with Gasteiger partial charge in [-0.3, -0.25) is 9.59 Å². The maximum Gasteiger partial charge on any atom is 0.224 e. The second-order valence-electron chi connectivity index (χ2n) is 3.84. The third-order valence-electron chi connectivity index (χ3n) is 2.53. The molecule has 4 nitrogen and oxygen atoms in total. The van der Waals surface area contributed by atoms with Gasteiger partial charge in [0.2, 0.25) is 5.91 Å². The molecule has 0 aromatic carbocycles. The molecule has 0 aromatic heterocycles. The number of hydrogen-bond donors (Lipinski definition) is 1. The molecule has 1 aliphatic rings. The van der Waals surface area contributed by atoms with Crippen LogP contribution in [0, 0.1) is 0 Å². The molecule has 2 atom stereocenters. The molecule has 1 saturated heterocycles. The van der Waals surface area contributed by atoms with Gasteiger partial charge in [-0.05, 0) is 13.3 Å². The molecule has 1 rings (SSSR count). The summed E-state index contributed by atoms with van der Waals surface area (Å²) < 4.78 is 0. The van der Waals surface area contributed by atoms with E-state index in [0.717, 1.165) is 0 Å². The molecule has 1 amide bonds. The maximum atomic E-state index is 11.6. The smallest absolute Gasteiger partial charge is 0.224 e. The van der Waals surface area contributed by atoms with Gasteiger partial charge in [0.25, 0.3) is 0 Å². The van der Waals surface area contributed by atoms with Crippen LogP contribution in [0.4, 0.5) is 0 Å². The average Bonchev–Trinajstić information content (AvgIpc) is 2.46. The van der Waals surface area contributed by atoms with Crippen LogP contribution < -0.4 is 0 Å². The molecule has 86 valence electrons. The highest BCUT2D eigenvalue weighted by Crippen LogP contribution is 2.26. The minimum Gasteiger partial charge on any atom is -0.396 e. The normalized spacial score (nSPS) is 23.3. The lowest BCUT2D eigenvalue weighted by Gasteiger charge is -2.23. The zero-order valence-electron chi connectivity index (χ0n) is 9.10. The predicted octanol–water partition coefficient (Wildman–Crippen LogP) is 0.638. The first kappa shape index (κ1) is 12.5. The van der Waals surface area contributed by atoms with Crippen LogP contribution in [-0.2, 0) is 9.59 Å². The van der Waals surface area contributed by atoms with Gasteiger partial charge in [0, 0.05) is 37.8 Å². The fourth-order valence-corrected chi connectivity index (χ4v) is 2.71. The number of aliphatic hydroxyl groups is 1. The Morgan fingerprint density at radius 1 is 1.73 bits per heavy atom. The molecule has 0 saturated carbocycles. The van der Waals surface area contributed by atoms with E-state index in [1.807, 2.05) is 6.92 Å². The third-order valence-corrected chi connectivity index (χ3v) is 3.52. The summed E-state index contributed by atoms with van der Waals surface area (Å²) in [5.74, 6) is 0.0923. The third kappa shape index (κ3) is 3.50. The van der Waals surface area contributed by atoms with E-state index in [4.69, 9.17) is 5.11 Å². The Kier molecular flexibility index (Phi) is 4.60. The second kappa shape index (κ2) is 5.51. The van der Waals surface area contributed by atoms with Gasteiger partial charge in [0.1, 0.15) is 0 Å². The van der Waals surface area contributed by atoms with Crippen molar-refractivity contribution in [2.45, 2.75) is 38.0 Å². The van der Waals surface area contributed by atoms with Gasteiger partial charge in [-0.25, -0.2) is 0 Å². The van der Waals surface area contributed by atoms with Crippen molar-refractivity contribution in [1.82, 2.24) is 4.90 Å². The summed E-state index contributed by atoms with van der Waals surface area (Å²) in [6.07, 6.45) is 1.04. The lowest BCUT2D eigenvalue weighted by Crippen LogP contribution is -2.35. The van der Waals surface area contributed by atoms with Crippen molar-refractivity contribution in [3.8, 4) is 0 Å². The Balaban J connectivity index is 2.48. The van der Waals surface area contributed by atoms with Crippen LogP contribution in [0.25, 0.3) is 0 Å². The Morgan fingerprint density at radius 2 is 2.40 bits per heavy atom. The van der Waals surface area contributed by atoms with Gasteiger partial charge < -0.3 is 10.0 Å². The van der Waals surface area contributed by atoms with Crippen LogP contribution in [-0.4, -0.2) is 45.5 Å². The molecule has 1 heterocycles. The zero-order valence-corrected chi connectivity index (χ0v) is 9.92. The molecule has 1 aliphatic heterocycles. The monoisotopic (exact) mass is 231 g/mol. The zero-order chi connectivity index (χ0) is 11.4. The fraction of sp³-hybridized carbons (Fsp3) is 0.800. The van der Waals surface area contributed by atoms with Crippen molar-refractivity contribution in [3.05, 3.63) is 0 Å².